The molecule has 2 nitrogen and oxygen atoms in total. The molecule has 0 N–H and O–H groups in total. The molecular weight excluding hydrogens is 643 g/mol. The maximum atomic E-state index is 7.08. The van der Waals surface area contributed by atoms with Crippen molar-refractivity contribution in [1.82, 2.24) is 0 Å². The largest absolute Gasteiger partial charge is 0.456 e. The number of furan rings is 1. The average Bonchev–Trinajstić information content (AvgIpc) is 3.84. The highest BCUT2D eigenvalue weighted by atomic mass is 16.3. The van der Waals surface area contributed by atoms with Gasteiger partial charge in [-0.2, -0.15) is 0 Å². The van der Waals surface area contributed by atoms with E-state index >= 15 is 0 Å². The summed E-state index contributed by atoms with van der Waals surface area (Å²) in [4.78, 5) is 2.51. The first kappa shape index (κ1) is 29.0. The molecule has 1 unspecified atom stereocenters. The van der Waals surface area contributed by atoms with Crippen LogP contribution in [-0.4, -0.2) is 0 Å². The first-order chi connectivity index (χ1) is 26.2. The smallest absolute Gasteiger partial charge is 0.142 e. The molecule has 0 radical (unpaired) electrons. The third kappa shape index (κ3) is 3.67. The SMILES string of the molecule is CC1c2ccccc2-c2cc3c(cc21)C1(c2ccccc2-c2ccccc21)c1c(ccc2c1oc1ccccc12)N3c1ccc(-c2ccccc2)cc1. The number of hydrogen-bond acceptors (Lipinski definition) is 2. The third-order valence-corrected chi connectivity index (χ3v) is 12.3. The fraction of sp³-hybridized carbons (Fsp3) is 0.0588. The van der Waals surface area contributed by atoms with Gasteiger partial charge in [0.05, 0.1) is 16.8 Å². The fourth-order valence-electron chi connectivity index (χ4n) is 10.1. The number of anilines is 3. The summed E-state index contributed by atoms with van der Waals surface area (Å²) >= 11 is 0. The Kier molecular flexibility index (Phi) is 5.72. The first-order valence-corrected chi connectivity index (χ1v) is 18.6. The second kappa shape index (κ2) is 10.5. The molecular formula is C51H33NO. The minimum absolute atomic E-state index is 0.275. The highest BCUT2D eigenvalue weighted by Gasteiger charge is 2.54. The first-order valence-electron chi connectivity index (χ1n) is 18.6. The zero-order valence-corrected chi connectivity index (χ0v) is 29.2. The van der Waals surface area contributed by atoms with Crippen molar-refractivity contribution in [3.8, 4) is 33.4 Å². The van der Waals surface area contributed by atoms with E-state index in [1.807, 2.05) is 0 Å². The van der Waals surface area contributed by atoms with Gasteiger partial charge in [-0.1, -0.05) is 146 Å². The molecule has 53 heavy (non-hydrogen) atoms. The Balaban J connectivity index is 1.25. The molecule has 3 aliphatic rings. The summed E-state index contributed by atoms with van der Waals surface area (Å²) in [6.45, 7) is 2.37. The number of hydrogen-bond donors (Lipinski definition) is 0. The van der Waals surface area contributed by atoms with Gasteiger partial charge in [0, 0.05) is 27.9 Å². The summed E-state index contributed by atoms with van der Waals surface area (Å²) in [5.74, 6) is 0.275. The molecule has 0 bridgehead atoms. The number of fused-ring (bicyclic) bond motifs is 16. The normalized spacial score (nSPS) is 15.6. The number of nitrogens with zero attached hydrogens (tertiary/aromatic N) is 1. The van der Waals surface area contributed by atoms with Gasteiger partial charge < -0.3 is 9.32 Å². The topological polar surface area (TPSA) is 16.4 Å². The van der Waals surface area contributed by atoms with Crippen molar-refractivity contribution in [2.45, 2.75) is 18.3 Å². The lowest BCUT2D eigenvalue weighted by molar-refractivity contribution is 0.645. The van der Waals surface area contributed by atoms with E-state index in [-0.39, 0.29) is 5.92 Å². The van der Waals surface area contributed by atoms with Crippen LogP contribution in [0.4, 0.5) is 17.1 Å². The zero-order chi connectivity index (χ0) is 34.8. The van der Waals surface area contributed by atoms with E-state index in [1.165, 1.54) is 72.4 Å². The Morgan fingerprint density at radius 3 is 1.89 bits per heavy atom. The Bertz CT molecular complexity index is 2920. The molecule has 2 aliphatic carbocycles. The Hall–Kier alpha value is -6.64. The number of para-hydroxylation sites is 1. The highest BCUT2D eigenvalue weighted by molar-refractivity contribution is 6.11. The van der Waals surface area contributed by atoms with E-state index in [2.05, 4.69) is 188 Å². The standard InChI is InChI=1S/C51H33NO/c1-31-35-15-5-6-16-36(35)42-30-47-45(29-41(31)42)51(43-20-10-7-17-37(43)38-18-8-11-21-44(38)51)49-46(28-27-40-39-19-9-12-22-48(39)53-50(40)49)52(47)34-25-23-33(24-26-34)32-13-3-2-4-14-32/h2-31H,1H3. The van der Waals surface area contributed by atoms with Crippen LogP contribution in [0.2, 0.25) is 0 Å². The second-order valence-corrected chi connectivity index (χ2v) is 14.8. The van der Waals surface area contributed by atoms with Gasteiger partial charge in [0.2, 0.25) is 0 Å². The van der Waals surface area contributed by atoms with Crippen LogP contribution in [0.15, 0.2) is 180 Å². The van der Waals surface area contributed by atoms with Crippen LogP contribution in [0.5, 0.6) is 0 Å². The molecule has 2 heterocycles. The zero-order valence-electron chi connectivity index (χ0n) is 29.2. The molecule has 8 aromatic carbocycles. The van der Waals surface area contributed by atoms with Gasteiger partial charge in [-0.3, -0.25) is 0 Å². The van der Waals surface area contributed by atoms with Crippen molar-refractivity contribution in [3.05, 3.63) is 209 Å². The maximum Gasteiger partial charge on any atom is 0.142 e. The predicted octanol–water partition coefficient (Wildman–Crippen LogP) is 13.5. The van der Waals surface area contributed by atoms with Gasteiger partial charge in [-0.05, 0) is 97.6 Å². The summed E-state index contributed by atoms with van der Waals surface area (Å²) in [7, 11) is 0. The minimum atomic E-state index is -0.616. The molecule has 248 valence electrons. The Morgan fingerprint density at radius 2 is 1.11 bits per heavy atom. The lowest BCUT2D eigenvalue weighted by Gasteiger charge is -2.45. The second-order valence-electron chi connectivity index (χ2n) is 14.8. The molecule has 1 atom stereocenters. The van der Waals surface area contributed by atoms with Gasteiger partial charge in [-0.15, -0.1) is 0 Å². The molecule has 1 aliphatic heterocycles. The van der Waals surface area contributed by atoms with Crippen LogP contribution >= 0.6 is 0 Å². The maximum absolute atomic E-state index is 7.08. The van der Waals surface area contributed by atoms with Gasteiger partial charge in [0.25, 0.3) is 0 Å². The van der Waals surface area contributed by atoms with E-state index in [9.17, 15) is 0 Å². The van der Waals surface area contributed by atoms with Crippen molar-refractivity contribution in [1.29, 1.82) is 0 Å². The van der Waals surface area contributed by atoms with E-state index in [1.54, 1.807) is 0 Å². The Morgan fingerprint density at radius 1 is 0.472 bits per heavy atom. The molecule has 12 rings (SSSR count). The summed E-state index contributed by atoms with van der Waals surface area (Å²) in [6, 6.07) is 65.0. The average molecular weight is 676 g/mol. The van der Waals surface area contributed by atoms with Crippen molar-refractivity contribution in [2.24, 2.45) is 0 Å². The van der Waals surface area contributed by atoms with Gasteiger partial charge in [0.15, 0.2) is 0 Å². The van der Waals surface area contributed by atoms with Crippen molar-refractivity contribution in [2.75, 3.05) is 4.90 Å². The van der Waals surface area contributed by atoms with Crippen molar-refractivity contribution < 1.29 is 4.42 Å². The van der Waals surface area contributed by atoms with Crippen molar-refractivity contribution in [3.63, 3.8) is 0 Å². The molecule has 0 amide bonds. The lowest BCUT2D eigenvalue weighted by atomic mass is 9.63. The van der Waals surface area contributed by atoms with Crippen molar-refractivity contribution >= 4 is 39.0 Å². The summed E-state index contributed by atoms with van der Waals surface area (Å²) in [5, 5.41) is 2.29. The van der Waals surface area contributed by atoms with Crippen LogP contribution in [0.25, 0.3) is 55.3 Å². The highest BCUT2D eigenvalue weighted by Crippen LogP contribution is 2.66. The van der Waals surface area contributed by atoms with Crippen LogP contribution in [-0.2, 0) is 5.41 Å². The molecule has 9 aromatic rings. The van der Waals surface area contributed by atoms with Crippen LogP contribution in [0.1, 0.15) is 46.2 Å². The predicted molar refractivity (Wildman–Crippen MR) is 218 cm³/mol. The summed E-state index contributed by atoms with van der Waals surface area (Å²) in [6.07, 6.45) is 0. The lowest BCUT2D eigenvalue weighted by Crippen LogP contribution is -2.36. The van der Waals surface area contributed by atoms with Gasteiger partial charge in [-0.25, -0.2) is 0 Å². The molecule has 0 saturated carbocycles. The van der Waals surface area contributed by atoms with Crippen LogP contribution in [0.3, 0.4) is 0 Å². The summed E-state index contributed by atoms with van der Waals surface area (Å²) in [5.41, 5.74) is 20.2. The van der Waals surface area contributed by atoms with Gasteiger partial charge in [0.1, 0.15) is 11.2 Å². The quantitative estimate of drug-likeness (QED) is 0.181. The minimum Gasteiger partial charge on any atom is -0.456 e. The molecule has 1 spiro atoms. The van der Waals surface area contributed by atoms with Gasteiger partial charge >= 0.3 is 0 Å². The third-order valence-electron chi connectivity index (χ3n) is 12.3. The fourth-order valence-corrected chi connectivity index (χ4v) is 10.1. The molecule has 0 saturated heterocycles. The number of benzene rings is 8. The summed E-state index contributed by atoms with van der Waals surface area (Å²) < 4.78 is 7.08. The molecule has 2 heteroatoms. The molecule has 1 aromatic heterocycles. The van der Waals surface area contributed by atoms with E-state index in [0.29, 0.717) is 0 Å². The number of rotatable bonds is 2. The van der Waals surface area contributed by atoms with E-state index in [0.717, 1.165) is 33.3 Å². The van der Waals surface area contributed by atoms with E-state index in [4.69, 9.17) is 4.42 Å². The van der Waals surface area contributed by atoms with E-state index < -0.39 is 5.41 Å². The van der Waals surface area contributed by atoms with Crippen LogP contribution in [0, 0.1) is 0 Å². The molecule has 0 fully saturated rings. The van der Waals surface area contributed by atoms with Crippen LogP contribution < -0.4 is 4.90 Å². The monoisotopic (exact) mass is 675 g/mol. The Labute approximate surface area is 308 Å².